The van der Waals surface area contributed by atoms with E-state index in [4.69, 9.17) is 15.3 Å². The molecule has 3 heteroatoms. The lowest BCUT2D eigenvalue weighted by Gasteiger charge is -2.32. The highest BCUT2D eigenvalue weighted by molar-refractivity contribution is 4.86. The van der Waals surface area contributed by atoms with Crippen molar-refractivity contribution < 1.29 is 15.3 Å². The summed E-state index contributed by atoms with van der Waals surface area (Å²) < 4.78 is 0. The van der Waals surface area contributed by atoms with Crippen LogP contribution in [0.2, 0.25) is 0 Å². The summed E-state index contributed by atoms with van der Waals surface area (Å²) in [5.74, 6) is -0.344. The third kappa shape index (κ3) is 1.48. The number of hydrogen-bond donors (Lipinski definition) is 3. The van der Waals surface area contributed by atoms with Gasteiger partial charge in [-0.15, -0.1) is 0 Å². The Labute approximate surface area is 60.3 Å². The summed E-state index contributed by atoms with van der Waals surface area (Å²) in [6, 6.07) is 0. The summed E-state index contributed by atoms with van der Waals surface area (Å²) in [6.07, 6.45) is -1.20. The van der Waals surface area contributed by atoms with Gasteiger partial charge in [0.1, 0.15) is 0 Å². The maximum Gasteiger partial charge on any atom is 0.0617 e. The van der Waals surface area contributed by atoms with E-state index in [9.17, 15) is 0 Å². The summed E-state index contributed by atoms with van der Waals surface area (Å²) in [5, 5.41) is 27.3. The van der Waals surface area contributed by atoms with Gasteiger partial charge in [-0.3, -0.25) is 0 Å². The Morgan fingerprint density at radius 1 is 1.00 bits per heavy atom. The van der Waals surface area contributed by atoms with Crippen LogP contribution in [-0.2, 0) is 0 Å². The van der Waals surface area contributed by atoms with Crippen molar-refractivity contribution in [3.63, 3.8) is 0 Å². The first kappa shape index (κ1) is 7.98. The normalized spacial score (nSPS) is 49.2. The predicted octanol–water partition coefficient (Wildman–Crippen LogP) is -0.687. The molecule has 1 aliphatic carbocycles. The van der Waals surface area contributed by atoms with E-state index in [1.807, 2.05) is 0 Å². The van der Waals surface area contributed by atoms with Crippen molar-refractivity contribution in [2.45, 2.75) is 31.2 Å². The van der Waals surface area contributed by atoms with Gasteiger partial charge in [-0.2, -0.15) is 0 Å². The van der Waals surface area contributed by atoms with Crippen LogP contribution >= 0.6 is 0 Å². The molecule has 1 saturated carbocycles. The molecule has 0 heterocycles. The van der Waals surface area contributed by atoms with Crippen LogP contribution in [0.25, 0.3) is 0 Å². The van der Waals surface area contributed by atoms with Gasteiger partial charge in [0.25, 0.3) is 0 Å². The van der Waals surface area contributed by atoms with Crippen molar-refractivity contribution in [2.75, 3.05) is 0 Å². The molecule has 0 aromatic carbocycles. The molecule has 0 spiro atoms. The van der Waals surface area contributed by atoms with Crippen LogP contribution in [0.1, 0.15) is 12.8 Å². The molecule has 10 heavy (non-hydrogen) atoms. The summed E-state index contributed by atoms with van der Waals surface area (Å²) in [5.41, 5.74) is 0. The van der Waals surface area contributed by atoms with Crippen molar-refractivity contribution in [2.24, 2.45) is 5.92 Å². The molecule has 3 N–H and O–H groups in total. The van der Waals surface area contributed by atoms with Gasteiger partial charge in [-0.05, 0) is 19.8 Å². The molecule has 59 valence electrons. The summed E-state index contributed by atoms with van der Waals surface area (Å²) in [7, 11) is 0. The summed E-state index contributed by atoms with van der Waals surface area (Å²) in [6.45, 7) is 3.58. The van der Waals surface area contributed by atoms with Crippen LogP contribution in [0, 0.1) is 12.8 Å². The molecular weight excluding hydrogens is 132 g/mol. The average molecular weight is 145 g/mol. The van der Waals surface area contributed by atoms with E-state index in [-0.39, 0.29) is 5.92 Å². The Morgan fingerprint density at radius 3 is 1.80 bits per heavy atom. The predicted molar refractivity (Wildman–Crippen MR) is 36.1 cm³/mol. The van der Waals surface area contributed by atoms with Crippen molar-refractivity contribution in [1.29, 1.82) is 0 Å². The highest BCUT2D eigenvalue weighted by Crippen LogP contribution is 2.24. The minimum atomic E-state index is -0.654. The third-order valence-electron chi connectivity index (χ3n) is 2.02. The molecule has 0 aliphatic heterocycles. The fourth-order valence-electron chi connectivity index (χ4n) is 1.26. The average Bonchev–Trinajstić information content (AvgIpc) is 1.82. The van der Waals surface area contributed by atoms with E-state index in [1.165, 1.54) is 0 Å². The summed E-state index contributed by atoms with van der Waals surface area (Å²) >= 11 is 0. The van der Waals surface area contributed by atoms with Gasteiger partial charge in [0.05, 0.1) is 18.3 Å². The van der Waals surface area contributed by atoms with Crippen LogP contribution in [0.4, 0.5) is 0 Å². The van der Waals surface area contributed by atoms with Gasteiger partial charge >= 0.3 is 0 Å². The molecule has 1 fully saturated rings. The first-order valence-electron chi connectivity index (χ1n) is 3.48. The van der Waals surface area contributed by atoms with E-state index < -0.39 is 18.3 Å². The van der Waals surface area contributed by atoms with Crippen LogP contribution in [0.3, 0.4) is 0 Å². The van der Waals surface area contributed by atoms with Crippen LogP contribution in [0.15, 0.2) is 0 Å². The van der Waals surface area contributed by atoms with Crippen molar-refractivity contribution >= 4 is 0 Å². The molecule has 0 saturated heterocycles. The molecule has 0 bridgehead atoms. The molecule has 3 nitrogen and oxygen atoms in total. The number of aliphatic hydroxyl groups excluding tert-OH is 3. The topological polar surface area (TPSA) is 60.7 Å². The van der Waals surface area contributed by atoms with Gasteiger partial charge in [-0.1, -0.05) is 0 Å². The van der Waals surface area contributed by atoms with E-state index >= 15 is 0 Å². The molecular formula is C7H13O3. The fourth-order valence-corrected chi connectivity index (χ4v) is 1.26. The highest BCUT2D eigenvalue weighted by Gasteiger charge is 2.31. The third-order valence-corrected chi connectivity index (χ3v) is 2.02. The SMILES string of the molecule is [CH2]C1C(O)CC(O)CC1O. The van der Waals surface area contributed by atoms with E-state index in [0.717, 1.165) is 0 Å². The van der Waals surface area contributed by atoms with Gasteiger partial charge in [-0.25, -0.2) is 0 Å². The van der Waals surface area contributed by atoms with E-state index in [2.05, 4.69) is 6.92 Å². The van der Waals surface area contributed by atoms with Crippen LogP contribution in [0.5, 0.6) is 0 Å². The number of aliphatic hydroxyl groups is 3. The minimum Gasteiger partial charge on any atom is -0.393 e. The van der Waals surface area contributed by atoms with E-state index in [1.54, 1.807) is 0 Å². The van der Waals surface area contributed by atoms with Gasteiger partial charge in [0.2, 0.25) is 0 Å². The lowest BCUT2D eigenvalue weighted by Crippen LogP contribution is -2.40. The van der Waals surface area contributed by atoms with Gasteiger partial charge in [0, 0.05) is 5.92 Å². The Hall–Kier alpha value is -0.120. The lowest BCUT2D eigenvalue weighted by atomic mass is 9.84. The zero-order valence-corrected chi connectivity index (χ0v) is 5.77. The molecule has 1 rings (SSSR count). The monoisotopic (exact) mass is 145 g/mol. The van der Waals surface area contributed by atoms with Crippen LogP contribution < -0.4 is 0 Å². The van der Waals surface area contributed by atoms with Crippen molar-refractivity contribution in [1.82, 2.24) is 0 Å². The smallest absolute Gasteiger partial charge is 0.0617 e. The molecule has 0 aromatic heterocycles. The van der Waals surface area contributed by atoms with Gasteiger partial charge < -0.3 is 15.3 Å². The Kier molecular flexibility index (Phi) is 2.28. The molecule has 0 amide bonds. The zero-order valence-electron chi connectivity index (χ0n) is 5.77. The molecule has 2 atom stereocenters. The zero-order chi connectivity index (χ0) is 7.72. The van der Waals surface area contributed by atoms with Crippen LogP contribution in [-0.4, -0.2) is 33.6 Å². The Morgan fingerprint density at radius 2 is 1.40 bits per heavy atom. The quantitative estimate of drug-likeness (QED) is 0.423. The fraction of sp³-hybridized carbons (Fsp3) is 0.857. The second-order valence-electron chi connectivity index (χ2n) is 2.92. The molecule has 0 aromatic rings. The maximum absolute atomic E-state index is 9.14. The molecule has 1 radical (unpaired) electrons. The van der Waals surface area contributed by atoms with Crippen molar-refractivity contribution in [3.8, 4) is 0 Å². The Balaban J connectivity index is 2.49. The Bertz CT molecular complexity index is 103. The molecule has 1 aliphatic rings. The largest absolute Gasteiger partial charge is 0.393 e. The summed E-state index contributed by atoms with van der Waals surface area (Å²) in [4.78, 5) is 0. The minimum absolute atomic E-state index is 0.339. The first-order chi connectivity index (χ1) is 4.61. The second-order valence-corrected chi connectivity index (χ2v) is 2.92. The van der Waals surface area contributed by atoms with Crippen molar-refractivity contribution in [3.05, 3.63) is 6.92 Å². The second kappa shape index (κ2) is 2.86. The lowest BCUT2D eigenvalue weighted by molar-refractivity contribution is -0.0560. The highest BCUT2D eigenvalue weighted by atomic mass is 16.3. The molecule has 2 unspecified atom stereocenters. The first-order valence-corrected chi connectivity index (χ1v) is 3.48. The number of hydrogen-bond acceptors (Lipinski definition) is 3. The maximum atomic E-state index is 9.14. The number of rotatable bonds is 0. The van der Waals surface area contributed by atoms with Gasteiger partial charge in [0.15, 0.2) is 0 Å². The standard InChI is InChI=1S/C7H13O3/c1-4-6(9)2-5(8)3-7(4)10/h4-10H,1-3H2. The van der Waals surface area contributed by atoms with E-state index in [0.29, 0.717) is 12.8 Å².